The van der Waals surface area contributed by atoms with Crippen molar-refractivity contribution in [3.63, 3.8) is 0 Å². The van der Waals surface area contributed by atoms with Crippen molar-refractivity contribution >= 4 is 29.2 Å². The zero-order valence-electron chi connectivity index (χ0n) is 18.2. The number of anilines is 1. The van der Waals surface area contributed by atoms with Gasteiger partial charge in [0.1, 0.15) is 17.2 Å². The Kier molecular flexibility index (Phi) is 8.05. The molecule has 1 fully saturated rings. The number of piperidine rings is 1. The summed E-state index contributed by atoms with van der Waals surface area (Å²) in [4.78, 5) is 26.8. The largest absolute Gasteiger partial charge is 0.506 e. The van der Waals surface area contributed by atoms with Gasteiger partial charge in [0.05, 0.1) is 19.9 Å². The number of benzene rings is 2. The van der Waals surface area contributed by atoms with E-state index >= 15 is 0 Å². The highest BCUT2D eigenvalue weighted by Gasteiger charge is 2.27. The molecule has 2 aromatic carbocycles. The van der Waals surface area contributed by atoms with Crippen molar-refractivity contribution < 1.29 is 24.2 Å². The van der Waals surface area contributed by atoms with Crippen LogP contribution in [0.3, 0.4) is 0 Å². The summed E-state index contributed by atoms with van der Waals surface area (Å²) in [6.45, 7) is 1.42. The number of amides is 3. The predicted octanol–water partition coefficient (Wildman–Crippen LogP) is 3.67. The van der Waals surface area contributed by atoms with Crippen molar-refractivity contribution in [1.29, 1.82) is 0 Å². The molecule has 9 heteroatoms. The van der Waals surface area contributed by atoms with Gasteiger partial charge in [0.15, 0.2) is 0 Å². The Labute approximate surface area is 192 Å². The molecular weight excluding hydrogens is 434 g/mol. The van der Waals surface area contributed by atoms with E-state index in [9.17, 15) is 14.7 Å². The fourth-order valence-electron chi connectivity index (χ4n) is 3.68. The summed E-state index contributed by atoms with van der Waals surface area (Å²) in [7, 11) is 3.22. The van der Waals surface area contributed by atoms with Gasteiger partial charge in [-0.25, -0.2) is 4.79 Å². The van der Waals surface area contributed by atoms with Crippen molar-refractivity contribution in [2.45, 2.75) is 19.3 Å². The van der Waals surface area contributed by atoms with Gasteiger partial charge in [-0.05, 0) is 61.2 Å². The molecule has 2 aromatic rings. The number of rotatable bonds is 7. The molecule has 0 atom stereocenters. The first-order valence-electron chi connectivity index (χ1n) is 10.4. The number of halogens is 1. The maximum atomic E-state index is 12.5. The first kappa shape index (κ1) is 23.5. The van der Waals surface area contributed by atoms with E-state index in [-0.39, 0.29) is 29.3 Å². The molecule has 0 unspecified atom stereocenters. The monoisotopic (exact) mass is 461 g/mol. The minimum atomic E-state index is -0.238. The van der Waals surface area contributed by atoms with E-state index < -0.39 is 0 Å². The van der Waals surface area contributed by atoms with E-state index in [1.54, 1.807) is 25.2 Å². The second-order valence-electron chi connectivity index (χ2n) is 7.57. The maximum absolute atomic E-state index is 12.5. The number of aromatic hydroxyl groups is 1. The van der Waals surface area contributed by atoms with Crippen LogP contribution in [-0.4, -0.2) is 55.8 Å². The molecule has 8 nitrogen and oxygen atoms in total. The third kappa shape index (κ3) is 5.97. The van der Waals surface area contributed by atoms with Gasteiger partial charge in [-0.3, -0.25) is 4.79 Å². The van der Waals surface area contributed by atoms with Crippen molar-refractivity contribution in [3.05, 3.63) is 47.0 Å². The topological polar surface area (TPSA) is 100 Å². The summed E-state index contributed by atoms with van der Waals surface area (Å²) in [5, 5.41) is 16.0. The van der Waals surface area contributed by atoms with E-state index in [4.69, 9.17) is 21.1 Å². The molecule has 3 N–H and O–H groups in total. The van der Waals surface area contributed by atoms with Crippen molar-refractivity contribution in [3.8, 4) is 17.2 Å². The molecule has 172 valence electrons. The lowest BCUT2D eigenvalue weighted by atomic mass is 9.96. The molecule has 0 bridgehead atoms. The average molecular weight is 462 g/mol. The lowest BCUT2D eigenvalue weighted by Crippen LogP contribution is -2.46. The standard InChI is InChI=1S/C23H28ClN3O5/c1-31-18-4-6-21(32-2)16(13-18)7-10-25-23(30)27-11-8-15(9-12-27)22(29)26-19-14-17(24)3-5-20(19)28/h3-6,13-15,28H,7-12H2,1-2H3,(H,25,30)(H,26,29). The molecule has 0 spiro atoms. The first-order valence-corrected chi connectivity index (χ1v) is 10.8. The lowest BCUT2D eigenvalue weighted by Gasteiger charge is -2.31. The van der Waals surface area contributed by atoms with Crippen molar-refractivity contribution in [2.24, 2.45) is 5.92 Å². The highest BCUT2D eigenvalue weighted by atomic mass is 35.5. The molecule has 1 aliphatic rings. The van der Waals surface area contributed by atoms with Gasteiger partial charge < -0.3 is 30.1 Å². The van der Waals surface area contributed by atoms with Crippen molar-refractivity contribution in [2.75, 3.05) is 39.2 Å². The Balaban J connectivity index is 1.45. The van der Waals surface area contributed by atoms with Gasteiger partial charge in [0, 0.05) is 30.6 Å². The van der Waals surface area contributed by atoms with E-state index in [2.05, 4.69) is 10.6 Å². The Morgan fingerprint density at radius 1 is 1.12 bits per heavy atom. The van der Waals surface area contributed by atoms with Gasteiger partial charge >= 0.3 is 6.03 Å². The Morgan fingerprint density at radius 2 is 1.88 bits per heavy atom. The lowest BCUT2D eigenvalue weighted by molar-refractivity contribution is -0.121. The average Bonchev–Trinajstić information content (AvgIpc) is 2.81. The summed E-state index contributed by atoms with van der Waals surface area (Å²) in [6.07, 6.45) is 1.70. The smallest absolute Gasteiger partial charge is 0.317 e. The maximum Gasteiger partial charge on any atom is 0.317 e. The van der Waals surface area contributed by atoms with Crippen LogP contribution in [0.25, 0.3) is 0 Å². The summed E-state index contributed by atoms with van der Waals surface area (Å²) in [6, 6.07) is 9.91. The second-order valence-corrected chi connectivity index (χ2v) is 8.01. The van der Waals surface area contributed by atoms with Gasteiger partial charge in [0.25, 0.3) is 0 Å². The van der Waals surface area contributed by atoms with Gasteiger partial charge in [-0.2, -0.15) is 0 Å². The number of nitrogens with zero attached hydrogens (tertiary/aromatic N) is 1. The quantitative estimate of drug-likeness (QED) is 0.546. The number of carbonyl (C=O) groups is 2. The fourth-order valence-corrected chi connectivity index (χ4v) is 3.85. The number of hydrogen-bond acceptors (Lipinski definition) is 5. The number of likely N-dealkylation sites (tertiary alicyclic amines) is 1. The SMILES string of the molecule is COc1ccc(OC)c(CCNC(=O)N2CCC(C(=O)Nc3cc(Cl)ccc3O)CC2)c1. The number of phenols is 1. The molecule has 0 radical (unpaired) electrons. The van der Waals surface area contributed by atoms with E-state index in [0.29, 0.717) is 43.9 Å². The van der Waals surface area contributed by atoms with Crippen LogP contribution in [-0.2, 0) is 11.2 Å². The third-order valence-corrected chi connectivity index (χ3v) is 5.76. The molecule has 0 saturated carbocycles. The van der Waals surface area contributed by atoms with Gasteiger partial charge in [0.2, 0.25) is 5.91 Å². The van der Waals surface area contributed by atoms with Crippen LogP contribution in [0.2, 0.25) is 5.02 Å². The number of hydrogen-bond donors (Lipinski definition) is 3. The molecule has 1 aliphatic heterocycles. The normalized spacial score (nSPS) is 14.0. The first-order chi connectivity index (χ1) is 15.4. The van der Waals surface area contributed by atoms with E-state index in [1.165, 1.54) is 12.1 Å². The summed E-state index contributed by atoms with van der Waals surface area (Å²) >= 11 is 5.93. The molecule has 3 amide bonds. The summed E-state index contributed by atoms with van der Waals surface area (Å²) in [5.74, 6) is 1.02. The number of carbonyl (C=O) groups excluding carboxylic acids is 2. The van der Waals surface area contributed by atoms with Crippen LogP contribution in [0.1, 0.15) is 18.4 Å². The number of ether oxygens (including phenoxy) is 2. The van der Waals surface area contributed by atoms with Crippen LogP contribution in [0.15, 0.2) is 36.4 Å². The minimum Gasteiger partial charge on any atom is -0.506 e. The van der Waals surface area contributed by atoms with Crippen LogP contribution in [0, 0.1) is 5.92 Å². The molecule has 1 saturated heterocycles. The predicted molar refractivity (Wildman–Crippen MR) is 123 cm³/mol. The van der Waals surface area contributed by atoms with E-state index in [0.717, 1.165) is 17.1 Å². The van der Waals surface area contributed by atoms with E-state index in [1.807, 2.05) is 18.2 Å². The summed E-state index contributed by atoms with van der Waals surface area (Å²) in [5.41, 5.74) is 1.24. The molecule has 1 heterocycles. The molecule has 32 heavy (non-hydrogen) atoms. The Morgan fingerprint density at radius 3 is 2.56 bits per heavy atom. The highest BCUT2D eigenvalue weighted by Crippen LogP contribution is 2.28. The van der Waals surface area contributed by atoms with Crippen LogP contribution in [0.4, 0.5) is 10.5 Å². The van der Waals surface area contributed by atoms with Crippen LogP contribution >= 0.6 is 11.6 Å². The van der Waals surface area contributed by atoms with Crippen LogP contribution in [0.5, 0.6) is 17.2 Å². The van der Waals surface area contributed by atoms with Crippen molar-refractivity contribution in [1.82, 2.24) is 10.2 Å². The zero-order valence-corrected chi connectivity index (χ0v) is 18.9. The Hall–Kier alpha value is -3.13. The Bertz CT molecular complexity index is 961. The minimum absolute atomic E-state index is 0.0350. The van der Waals surface area contributed by atoms with Gasteiger partial charge in [-0.15, -0.1) is 0 Å². The van der Waals surface area contributed by atoms with Crippen LogP contribution < -0.4 is 20.1 Å². The molecule has 0 aromatic heterocycles. The number of urea groups is 1. The third-order valence-electron chi connectivity index (χ3n) is 5.53. The number of nitrogens with one attached hydrogen (secondary N) is 2. The number of methoxy groups -OCH3 is 2. The fraction of sp³-hybridized carbons (Fsp3) is 0.391. The second kappa shape index (κ2) is 10.9. The summed E-state index contributed by atoms with van der Waals surface area (Å²) < 4.78 is 10.6. The molecule has 3 rings (SSSR count). The highest BCUT2D eigenvalue weighted by molar-refractivity contribution is 6.31. The number of phenolic OH excluding ortho intramolecular Hbond substituents is 1. The molecule has 0 aliphatic carbocycles. The van der Waals surface area contributed by atoms with Gasteiger partial charge in [-0.1, -0.05) is 11.6 Å². The molecular formula is C23H28ClN3O5. The zero-order chi connectivity index (χ0) is 23.1.